The number of rotatable bonds is 4. The van der Waals surface area contributed by atoms with Crippen molar-refractivity contribution in [1.82, 2.24) is 4.98 Å². The Labute approximate surface area is 105 Å². The topological polar surface area (TPSA) is 30.0 Å². The van der Waals surface area contributed by atoms with Crippen LogP contribution in [0.3, 0.4) is 0 Å². The SMILES string of the molecule is CC(C)SCC(=O)c1ccc2ncccc2c1. The summed E-state index contributed by atoms with van der Waals surface area (Å²) in [5.74, 6) is 0.734. The van der Waals surface area contributed by atoms with Crippen LogP contribution in [0.2, 0.25) is 0 Å². The van der Waals surface area contributed by atoms with Crippen molar-refractivity contribution in [2.45, 2.75) is 19.1 Å². The molecule has 0 fully saturated rings. The molecule has 1 aromatic heterocycles. The van der Waals surface area contributed by atoms with Crippen molar-refractivity contribution >= 4 is 28.4 Å². The summed E-state index contributed by atoms with van der Waals surface area (Å²) in [6.45, 7) is 4.20. The highest BCUT2D eigenvalue weighted by Gasteiger charge is 2.08. The van der Waals surface area contributed by atoms with E-state index in [1.54, 1.807) is 18.0 Å². The number of ketones is 1. The molecule has 2 aromatic rings. The number of Topliss-reactive ketones (excluding diaryl/α,β-unsaturated/α-hetero) is 1. The zero-order chi connectivity index (χ0) is 12.3. The molecule has 17 heavy (non-hydrogen) atoms. The largest absolute Gasteiger partial charge is 0.293 e. The van der Waals surface area contributed by atoms with Crippen LogP contribution < -0.4 is 0 Å². The maximum atomic E-state index is 12.0. The molecule has 0 aliphatic heterocycles. The van der Waals surface area contributed by atoms with Crippen molar-refractivity contribution in [2.75, 3.05) is 5.75 Å². The Morgan fingerprint density at radius 1 is 1.35 bits per heavy atom. The van der Waals surface area contributed by atoms with Crippen molar-refractivity contribution in [3.05, 3.63) is 42.1 Å². The fourth-order valence-electron chi connectivity index (χ4n) is 1.57. The highest BCUT2D eigenvalue weighted by molar-refractivity contribution is 8.00. The van der Waals surface area contributed by atoms with Gasteiger partial charge >= 0.3 is 0 Å². The summed E-state index contributed by atoms with van der Waals surface area (Å²) in [6, 6.07) is 9.56. The minimum atomic E-state index is 0.189. The first-order valence-electron chi connectivity index (χ1n) is 5.66. The van der Waals surface area contributed by atoms with Gasteiger partial charge in [-0.1, -0.05) is 19.9 Å². The van der Waals surface area contributed by atoms with Gasteiger partial charge < -0.3 is 0 Å². The van der Waals surface area contributed by atoms with Gasteiger partial charge in [0, 0.05) is 17.1 Å². The molecule has 0 spiro atoms. The molecule has 0 unspecified atom stereocenters. The van der Waals surface area contributed by atoms with Crippen molar-refractivity contribution in [3.8, 4) is 0 Å². The van der Waals surface area contributed by atoms with Crippen LogP contribution in [0.4, 0.5) is 0 Å². The number of nitrogens with zero attached hydrogens (tertiary/aromatic N) is 1. The minimum Gasteiger partial charge on any atom is -0.293 e. The Morgan fingerprint density at radius 2 is 2.18 bits per heavy atom. The van der Waals surface area contributed by atoms with Crippen LogP contribution >= 0.6 is 11.8 Å². The number of aromatic nitrogens is 1. The first-order chi connectivity index (χ1) is 8.16. The summed E-state index contributed by atoms with van der Waals surface area (Å²) in [5, 5.41) is 1.51. The lowest BCUT2D eigenvalue weighted by molar-refractivity contribution is 0.102. The third kappa shape index (κ3) is 3.07. The number of thioether (sulfide) groups is 1. The summed E-state index contributed by atoms with van der Waals surface area (Å²) >= 11 is 1.67. The van der Waals surface area contributed by atoms with E-state index in [4.69, 9.17) is 0 Å². The lowest BCUT2D eigenvalue weighted by Crippen LogP contribution is -2.04. The van der Waals surface area contributed by atoms with Gasteiger partial charge in [-0.15, -0.1) is 0 Å². The van der Waals surface area contributed by atoms with Gasteiger partial charge in [-0.25, -0.2) is 0 Å². The molecule has 0 aliphatic rings. The van der Waals surface area contributed by atoms with Gasteiger partial charge in [0.2, 0.25) is 0 Å². The standard InChI is InChI=1S/C14H15NOS/c1-10(2)17-9-14(16)12-5-6-13-11(8-12)4-3-7-15-13/h3-8,10H,9H2,1-2H3. The van der Waals surface area contributed by atoms with Crippen molar-refractivity contribution < 1.29 is 4.79 Å². The summed E-state index contributed by atoms with van der Waals surface area (Å²) in [6.07, 6.45) is 1.76. The molecule has 0 amide bonds. The molecule has 0 radical (unpaired) electrons. The van der Waals surface area contributed by atoms with Crippen LogP contribution in [-0.2, 0) is 0 Å². The summed E-state index contributed by atoms with van der Waals surface area (Å²) in [5.41, 5.74) is 1.71. The predicted octanol–water partition coefficient (Wildman–Crippen LogP) is 3.56. The maximum Gasteiger partial charge on any atom is 0.172 e. The second-order valence-corrected chi connectivity index (χ2v) is 5.76. The number of carbonyl (C=O) groups is 1. The molecule has 0 aliphatic carbocycles. The minimum absolute atomic E-state index is 0.189. The number of carbonyl (C=O) groups excluding carboxylic acids is 1. The molecular formula is C14H15NOS. The molecule has 88 valence electrons. The number of hydrogen-bond acceptors (Lipinski definition) is 3. The van der Waals surface area contributed by atoms with Crippen molar-refractivity contribution in [3.63, 3.8) is 0 Å². The van der Waals surface area contributed by atoms with Crippen LogP contribution in [0, 0.1) is 0 Å². The van der Waals surface area contributed by atoms with E-state index in [9.17, 15) is 4.79 Å². The molecule has 0 N–H and O–H groups in total. The molecule has 1 heterocycles. The van der Waals surface area contributed by atoms with E-state index in [1.165, 1.54) is 0 Å². The first kappa shape index (κ1) is 12.1. The number of benzene rings is 1. The fraction of sp³-hybridized carbons (Fsp3) is 0.286. The fourth-order valence-corrected chi connectivity index (χ4v) is 2.23. The van der Waals surface area contributed by atoms with Crippen LogP contribution in [-0.4, -0.2) is 21.8 Å². The third-order valence-electron chi connectivity index (χ3n) is 2.47. The first-order valence-corrected chi connectivity index (χ1v) is 6.71. The highest BCUT2D eigenvalue weighted by Crippen LogP contribution is 2.16. The Morgan fingerprint density at radius 3 is 2.94 bits per heavy atom. The van der Waals surface area contributed by atoms with Crippen molar-refractivity contribution in [2.24, 2.45) is 0 Å². The summed E-state index contributed by atoms with van der Waals surface area (Å²) < 4.78 is 0. The summed E-state index contributed by atoms with van der Waals surface area (Å²) in [7, 11) is 0. The van der Waals surface area contributed by atoms with E-state index in [2.05, 4.69) is 18.8 Å². The smallest absolute Gasteiger partial charge is 0.172 e. The Hall–Kier alpha value is -1.35. The van der Waals surface area contributed by atoms with Gasteiger partial charge in [0.25, 0.3) is 0 Å². The highest BCUT2D eigenvalue weighted by atomic mass is 32.2. The quantitative estimate of drug-likeness (QED) is 0.771. The van der Waals surface area contributed by atoms with Gasteiger partial charge in [-0.05, 0) is 29.5 Å². The second-order valence-electron chi connectivity index (χ2n) is 4.19. The average molecular weight is 245 g/mol. The third-order valence-corrected chi connectivity index (χ3v) is 3.57. The van der Waals surface area contributed by atoms with Gasteiger partial charge in [-0.3, -0.25) is 9.78 Å². The molecule has 0 saturated carbocycles. The van der Waals surface area contributed by atoms with Gasteiger partial charge in [-0.2, -0.15) is 11.8 Å². The molecule has 3 heteroatoms. The van der Waals surface area contributed by atoms with Crippen LogP contribution in [0.15, 0.2) is 36.5 Å². The molecule has 0 bridgehead atoms. The van der Waals surface area contributed by atoms with E-state index in [0.29, 0.717) is 11.0 Å². The molecule has 1 aromatic carbocycles. The van der Waals surface area contributed by atoms with E-state index in [1.807, 2.05) is 30.3 Å². The number of fused-ring (bicyclic) bond motifs is 1. The molecule has 0 atom stereocenters. The van der Waals surface area contributed by atoms with E-state index >= 15 is 0 Å². The Bertz CT molecular complexity index is 536. The maximum absolute atomic E-state index is 12.0. The number of pyridine rings is 1. The van der Waals surface area contributed by atoms with Crippen LogP contribution in [0.5, 0.6) is 0 Å². The lowest BCUT2D eigenvalue weighted by Gasteiger charge is -2.05. The normalized spacial score (nSPS) is 11.0. The average Bonchev–Trinajstić information content (AvgIpc) is 2.35. The zero-order valence-corrected chi connectivity index (χ0v) is 10.8. The number of hydrogen-bond donors (Lipinski definition) is 0. The van der Waals surface area contributed by atoms with E-state index in [0.717, 1.165) is 16.5 Å². The van der Waals surface area contributed by atoms with Gasteiger partial charge in [0.15, 0.2) is 5.78 Å². The molecule has 2 rings (SSSR count). The van der Waals surface area contributed by atoms with E-state index in [-0.39, 0.29) is 5.78 Å². The summed E-state index contributed by atoms with van der Waals surface area (Å²) in [4.78, 5) is 16.2. The molecule has 2 nitrogen and oxygen atoms in total. The molecule has 0 saturated heterocycles. The van der Waals surface area contributed by atoms with Crippen molar-refractivity contribution in [1.29, 1.82) is 0 Å². The van der Waals surface area contributed by atoms with E-state index < -0.39 is 0 Å². The van der Waals surface area contributed by atoms with Crippen LogP contribution in [0.1, 0.15) is 24.2 Å². The second kappa shape index (κ2) is 5.32. The van der Waals surface area contributed by atoms with Gasteiger partial charge in [0.05, 0.1) is 11.3 Å². The molecular weight excluding hydrogens is 230 g/mol. The Kier molecular flexibility index (Phi) is 3.79. The zero-order valence-electron chi connectivity index (χ0n) is 10.0. The predicted molar refractivity (Wildman–Crippen MR) is 73.7 cm³/mol. The Balaban J connectivity index is 2.21. The monoisotopic (exact) mass is 245 g/mol. The van der Waals surface area contributed by atoms with Crippen LogP contribution in [0.25, 0.3) is 10.9 Å². The van der Waals surface area contributed by atoms with Gasteiger partial charge in [0.1, 0.15) is 0 Å². The lowest BCUT2D eigenvalue weighted by atomic mass is 10.1.